The Morgan fingerprint density at radius 2 is 1.77 bits per heavy atom. The van der Waals surface area contributed by atoms with Crippen molar-refractivity contribution in [3.05, 3.63) is 82.8 Å². The van der Waals surface area contributed by atoms with E-state index < -0.39 is 14.7 Å². The minimum absolute atomic E-state index is 0.197. The first kappa shape index (κ1) is 21.1. The smallest absolute Gasteiger partial charge is 0.281 e. The molecule has 0 amide bonds. The van der Waals surface area contributed by atoms with Crippen LogP contribution in [0.4, 0.5) is 0 Å². The summed E-state index contributed by atoms with van der Waals surface area (Å²) in [7, 11) is -3.90. The lowest BCUT2D eigenvalue weighted by Gasteiger charge is -2.25. The molecule has 1 aliphatic carbocycles. The molecule has 156 valence electrons. The van der Waals surface area contributed by atoms with Crippen molar-refractivity contribution >= 4 is 43.4 Å². The van der Waals surface area contributed by atoms with Crippen molar-refractivity contribution < 1.29 is 13.0 Å². The van der Waals surface area contributed by atoms with E-state index in [1.165, 1.54) is 57.2 Å². The highest BCUT2D eigenvalue weighted by molar-refractivity contribution is 8.13. The predicted octanol–water partition coefficient (Wildman–Crippen LogP) is 5.65. The van der Waals surface area contributed by atoms with E-state index in [2.05, 4.69) is 49.4 Å². The third-order valence-electron chi connectivity index (χ3n) is 5.68. The van der Waals surface area contributed by atoms with Crippen LogP contribution in [-0.2, 0) is 16.5 Å². The Labute approximate surface area is 181 Å². The van der Waals surface area contributed by atoms with Crippen molar-refractivity contribution in [1.82, 2.24) is 0 Å². The Hall–Kier alpha value is -2.12. The first-order valence-electron chi connectivity index (χ1n) is 10.0. The topological polar surface area (TPSA) is 80.4 Å². The number of hydrogen-bond donors (Lipinski definition) is 2. The van der Waals surface area contributed by atoms with Gasteiger partial charge in [-0.15, -0.1) is 11.8 Å². The molecular weight excluding hydrogens is 414 g/mol. The second-order valence-electron chi connectivity index (χ2n) is 7.70. The zero-order valence-corrected chi connectivity index (χ0v) is 18.4. The quantitative estimate of drug-likeness (QED) is 0.378. The maximum Gasteiger partial charge on any atom is 0.281 e. The second-order valence-corrected chi connectivity index (χ2v) is 10.6. The summed E-state index contributed by atoms with van der Waals surface area (Å²) < 4.78 is 28.6. The number of allylic oxidation sites excluding steroid dienone is 2. The monoisotopic (exact) mass is 439 g/mol. The molecule has 2 unspecified atom stereocenters. The van der Waals surface area contributed by atoms with Crippen molar-refractivity contribution in [2.75, 3.05) is 0 Å². The average Bonchev–Trinajstić information content (AvgIpc) is 2.74. The lowest BCUT2D eigenvalue weighted by Crippen LogP contribution is -2.17. The van der Waals surface area contributed by atoms with Gasteiger partial charge in [-0.05, 0) is 69.8 Å². The van der Waals surface area contributed by atoms with Gasteiger partial charge in [0.2, 0.25) is 0 Å². The molecule has 2 aliphatic rings. The number of aryl methyl sites for hydroxylation is 2. The molecule has 1 heterocycles. The van der Waals surface area contributed by atoms with Gasteiger partial charge in [-0.3, -0.25) is 4.55 Å². The van der Waals surface area contributed by atoms with Crippen molar-refractivity contribution in [2.24, 2.45) is 5.73 Å². The van der Waals surface area contributed by atoms with E-state index >= 15 is 0 Å². The Kier molecular flexibility index (Phi) is 6.02. The molecule has 0 radical (unpaired) electrons. The Morgan fingerprint density at radius 3 is 2.43 bits per heavy atom. The van der Waals surface area contributed by atoms with Crippen LogP contribution in [0.2, 0.25) is 0 Å². The second kappa shape index (κ2) is 8.55. The van der Waals surface area contributed by atoms with Gasteiger partial charge in [-0.25, -0.2) is 0 Å². The molecular formula is C24H25NO3S2. The van der Waals surface area contributed by atoms with Gasteiger partial charge in [0.15, 0.2) is 4.58 Å². The number of hydrogen-bond acceptors (Lipinski definition) is 4. The summed E-state index contributed by atoms with van der Waals surface area (Å²) >= 11 is 1.06. The molecule has 3 aromatic carbocycles. The van der Waals surface area contributed by atoms with Crippen LogP contribution in [0.3, 0.4) is 0 Å². The first-order chi connectivity index (χ1) is 14.4. The SMILES string of the molecule is Cc1cc2c3c(ccc2c2ccccc12)CCCC3N.O=S(=O)(O)C1C=CC=CS1. The summed E-state index contributed by atoms with van der Waals surface area (Å²) in [5.74, 6) is 0. The molecule has 0 saturated heterocycles. The minimum Gasteiger partial charge on any atom is -0.324 e. The number of rotatable bonds is 1. The molecule has 1 aliphatic heterocycles. The molecule has 5 rings (SSSR count). The van der Waals surface area contributed by atoms with Gasteiger partial charge in [-0.2, -0.15) is 8.42 Å². The highest BCUT2D eigenvalue weighted by Gasteiger charge is 2.21. The van der Waals surface area contributed by atoms with E-state index in [0.717, 1.165) is 18.2 Å². The largest absolute Gasteiger partial charge is 0.324 e. The van der Waals surface area contributed by atoms with Gasteiger partial charge < -0.3 is 5.73 Å². The van der Waals surface area contributed by atoms with Crippen molar-refractivity contribution in [1.29, 1.82) is 0 Å². The van der Waals surface area contributed by atoms with E-state index in [-0.39, 0.29) is 6.04 Å². The van der Waals surface area contributed by atoms with Crippen molar-refractivity contribution in [3.63, 3.8) is 0 Å². The highest BCUT2D eigenvalue weighted by atomic mass is 32.3. The van der Waals surface area contributed by atoms with Gasteiger partial charge in [0.05, 0.1) is 0 Å². The van der Waals surface area contributed by atoms with Gasteiger partial charge in [-0.1, -0.05) is 60.7 Å². The Bertz CT molecular complexity index is 1260. The lowest BCUT2D eigenvalue weighted by molar-refractivity contribution is 0.484. The minimum atomic E-state index is -3.90. The van der Waals surface area contributed by atoms with Crippen LogP contribution in [0.25, 0.3) is 21.5 Å². The Morgan fingerprint density at radius 1 is 1.03 bits per heavy atom. The fourth-order valence-electron chi connectivity index (χ4n) is 4.28. The van der Waals surface area contributed by atoms with Crippen LogP contribution >= 0.6 is 11.8 Å². The molecule has 0 fully saturated rings. The molecule has 0 saturated carbocycles. The summed E-state index contributed by atoms with van der Waals surface area (Å²) in [6.45, 7) is 2.20. The summed E-state index contributed by atoms with van der Waals surface area (Å²) in [5, 5.41) is 7.04. The molecule has 3 aromatic rings. The third kappa shape index (κ3) is 4.18. The number of benzene rings is 3. The number of fused-ring (bicyclic) bond motifs is 5. The molecule has 0 aromatic heterocycles. The summed E-state index contributed by atoms with van der Waals surface area (Å²) in [6, 6.07) is 15.8. The van der Waals surface area contributed by atoms with Crippen LogP contribution in [0, 0.1) is 6.92 Å². The zero-order valence-electron chi connectivity index (χ0n) is 16.8. The molecule has 4 nitrogen and oxygen atoms in total. The van der Waals surface area contributed by atoms with Gasteiger partial charge in [0.1, 0.15) is 0 Å². The molecule has 6 heteroatoms. The van der Waals surface area contributed by atoms with E-state index in [1.807, 2.05) is 0 Å². The summed E-state index contributed by atoms with van der Waals surface area (Å²) in [4.78, 5) is 0. The first-order valence-corrected chi connectivity index (χ1v) is 12.5. The van der Waals surface area contributed by atoms with Gasteiger partial charge in [0, 0.05) is 6.04 Å². The predicted molar refractivity (Wildman–Crippen MR) is 127 cm³/mol. The maximum absolute atomic E-state index is 10.4. The van der Waals surface area contributed by atoms with E-state index in [1.54, 1.807) is 17.6 Å². The van der Waals surface area contributed by atoms with E-state index in [0.29, 0.717) is 0 Å². The van der Waals surface area contributed by atoms with E-state index in [4.69, 9.17) is 10.3 Å². The summed E-state index contributed by atoms with van der Waals surface area (Å²) in [6.07, 6.45) is 8.23. The standard InChI is InChI=1S/C19H19N.C5H6O3S2/c1-12-11-17-16(15-7-3-2-6-14(12)15)10-9-13-5-4-8-18(20)19(13)17;6-10(7,8)5-3-1-2-4-9-5/h2-3,6-7,9-11,18H,4-5,8,20H2,1H3;1-5H,(H,6,7,8). The molecule has 2 atom stereocenters. The van der Waals surface area contributed by atoms with Crippen LogP contribution in [0.15, 0.2) is 66.1 Å². The van der Waals surface area contributed by atoms with Crippen LogP contribution in [-0.4, -0.2) is 17.6 Å². The van der Waals surface area contributed by atoms with Gasteiger partial charge in [0.25, 0.3) is 10.1 Å². The molecule has 3 N–H and O–H groups in total. The van der Waals surface area contributed by atoms with Crippen LogP contribution in [0.1, 0.15) is 35.6 Å². The summed E-state index contributed by atoms with van der Waals surface area (Å²) in [5.41, 5.74) is 10.6. The Balaban J connectivity index is 0.000000185. The van der Waals surface area contributed by atoms with Crippen molar-refractivity contribution in [3.8, 4) is 0 Å². The lowest BCUT2D eigenvalue weighted by atomic mass is 9.83. The fraction of sp³-hybridized carbons (Fsp3) is 0.250. The van der Waals surface area contributed by atoms with Crippen molar-refractivity contribution in [2.45, 2.75) is 36.8 Å². The van der Waals surface area contributed by atoms with Crippen LogP contribution < -0.4 is 5.73 Å². The number of nitrogens with two attached hydrogens (primary N) is 1. The van der Waals surface area contributed by atoms with Gasteiger partial charge >= 0.3 is 0 Å². The number of thioether (sulfide) groups is 1. The maximum atomic E-state index is 10.4. The highest BCUT2D eigenvalue weighted by Crippen LogP contribution is 2.38. The van der Waals surface area contributed by atoms with Crippen LogP contribution in [0.5, 0.6) is 0 Å². The average molecular weight is 440 g/mol. The zero-order chi connectivity index (χ0) is 21.3. The van der Waals surface area contributed by atoms with E-state index in [9.17, 15) is 8.42 Å². The third-order valence-corrected chi connectivity index (χ3v) is 8.22. The normalized spacial score (nSPS) is 20.6. The fourth-order valence-corrected chi connectivity index (χ4v) is 5.84. The molecule has 0 spiro atoms. The molecule has 30 heavy (non-hydrogen) atoms. The molecule has 0 bridgehead atoms.